The number of carbonyl (C=O) groups is 2. The second kappa shape index (κ2) is 12.1. The summed E-state index contributed by atoms with van der Waals surface area (Å²) in [6, 6.07) is 12.6. The zero-order valence-electron chi connectivity index (χ0n) is 21.4. The first-order chi connectivity index (χ1) is 16.2. The van der Waals surface area contributed by atoms with E-state index in [9.17, 15) is 9.59 Å². The first-order valence-electron chi connectivity index (χ1n) is 12.8. The highest BCUT2D eigenvalue weighted by atomic mass is 16.6. The minimum Gasteiger partial charge on any atom is -0.444 e. The summed E-state index contributed by atoms with van der Waals surface area (Å²) in [5.41, 5.74) is 1.65. The summed E-state index contributed by atoms with van der Waals surface area (Å²) in [7, 11) is 0. The first-order valence-corrected chi connectivity index (χ1v) is 12.8. The molecule has 186 valence electrons. The van der Waals surface area contributed by atoms with Gasteiger partial charge in [-0.05, 0) is 62.1 Å². The van der Waals surface area contributed by atoms with Gasteiger partial charge in [-0.1, -0.05) is 63.3 Å². The third kappa shape index (κ3) is 7.93. The Balaban J connectivity index is 1.48. The number of nitrogens with one attached hydrogen (secondary N) is 1. The number of benzene rings is 2. The van der Waals surface area contributed by atoms with Crippen molar-refractivity contribution in [3.05, 3.63) is 42.0 Å². The van der Waals surface area contributed by atoms with Gasteiger partial charge in [0.15, 0.2) is 0 Å². The molecule has 3 amide bonds. The highest BCUT2D eigenvalue weighted by Gasteiger charge is 2.27. The van der Waals surface area contributed by atoms with E-state index in [1.54, 1.807) is 9.80 Å². The van der Waals surface area contributed by atoms with E-state index in [4.69, 9.17) is 4.74 Å². The molecule has 0 spiro atoms. The van der Waals surface area contributed by atoms with Crippen LogP contribution in [0.5, 0.6) is 0 Å². The van der Waals surface area contributed by atoms with Crippen molar-refractivity contribution in [1.29, 1.82) is 0 Å². The summed E-state index contributed by atoms with van der Waals surface area (Å²) >= 11 is 0. The molecule has 6 heteroatoms. The third-order valence-electron chi connectivity index (χ3n) is 6.19. The van der Waals surface area contributed by atoms with E-state index in [1.807, 2.05) is 32.9 Å². The van der Waals surface area contributed by atoms with Crippen molar-refractivity contribution in [2.24, 2.45) is 0 Å². The van der Waals surface area contributed by atoms with E-state index in [2.05, 4.69) is 36.5 Å². The molecular formula is C28H41N3O3. The summed E-state index contributed by atoms with van der Waals surface area (Å²) in [4.78, 5) is 28.4. The Hall–Kier alpha value is -2.76. The van der Waals surface area contributed by atoms with Gasteiger partial charge in [0.25, 0.3) is 0 Å². The van der Waals surface area contributed by atoms with Crippen LogP contribution in [0.4, 0.5) is 15.3 Å². The molecule has 0 radical (unpaired) electrons. The normalized spacial score (nSPS) is 14.4. The van der Waals surface area contributed by atoms with Gasteiger partial charge in [0.2, 0.25) is 0 Å². The fraction of sp³-hybridized carbons (Fsp3) is 0.571. The van der Waals surface area contributed by atoms with Gasteiger partial charge in [-0.2, -0.15) is 0 Å². The van der Waals surface area contributed by atoms with Crippen LogP contribution in [0.2, 0.25) is 0 Å². The molecule has 0 unspecified atom stereocenters. The zero-order chi connectivity index (χ0) is 24.6. The Kier molecular flexibility index (Phi) is 9.20. The van der Waals surface area contributed by atoms with Gasteiger partial charge in [0.1, 0.15) is 5.60 Å². The molecule has 1 heterocycles. The van der Waals surface area contributed by atoms with E-state index in [0.29, 0.717) is 26.2 Å². The number of ether oxygens (including phenoxy) is 1. The van der Waals surface area contributed by atoms with Gasteiger partial charge >= 0.3 is 12.1 Å². The lowest BCUT2D eigenvalue weighted by Gasteiger charge is -2.35. The number of hydrogen-bond donors (Lipinski definition) is 1. The van der Waals surface area contributed by atoms with Crippen LogP contribution in [0.3, 0.4) is 0 Å². The summed E-state index contributed by atoms with van der Waals surface area (Å²) in [5.74, 6) is 0. The maximum absolute atomic E-state index is 12.8. The Bertz CT molecular complexity index is 959. The maximum atomic E-state index is 12.8. The highest BCUT2D eigenvalue weighted by molar-refractivity contribution is 5.93. The lowest BCUT2D eigenvalue weighted by atomic mass is 10.0. The number of anilines is 1. The van der Waals surface area contributed by atoms with Crippen LogP contribution in [0, 0.1) is 0 Å². The van der Waals surface area contributed by atoms with Gasteiger partial charge in [-0.3, -0.25) is 0 Å². The fourth-order valence-electron chi connectivity index (χ4n) is 4.26. The molecule has 1 saturated heterocycles. The molecule has 0 aliphatic carbocycles. The first kappa shape index (κ1) is 25.9. The molecule has 0 atom stereocenters. The molecule has 0 saturated carbocycles. The second-order valence-electron chi connectivity index (χ2n) is 10.3. The number of piperazine rings is 1. The quantitative estimate of drug-likeness (QED) is 0.433. The minimum atomic E-state index is -0.517. The summed E-state index contributed by atoms with van der Waals surface area (Å²) in [6.45, 7) is 9.74. The van der Waals surface area contributed by atoms with E-state index in [-0.39, 0.29) is 12.1 Å². The minimum absolute atomic E-state index is 0.136. The molecule has 6 nitrogen and oxygen atoms in total. The number of urea groups is 1. The molecule has 0 aromatic heterocycles. The Morgan fingerprint density at radius 2 is 1.47 bits per heavy atom. The van der Waals surface area contributed by atoms with Crippen molar-refractivity contribution >= 4 is 28.6 Å². The molecule has 2 aromatic carbocycles. The van der Waals surface area contributed by atoms with Crippen LogP contribution in [0.25, 0.3) is 10.8 Å². The monoisotopic (exact) mass is 467 g/mol. The molecule has 1 aliphatic rings. The predicted octanol–water partition coefficient (Wildman–Crippen LogP) is 6.83. The van der Waals surface area contributed by atoms with Crippen molar-refractivity contribution in [2.75, 3.05) is 31.5 Å². The number of fused-ring (bicyclic) bond motifs is 1. The molecule has 3 rings (SSSR count). The summed E-state index contributed by atoms with van der Waals surface area (Å²) in [6.07, 6.45) is 8.66. The van der Waals surface area contributed by atoms with Crippen LogP contribution in [0.1, 0.15) is 71.8 Å². The number of carbonyl (C=O) groups excluding carboxylic acids is 2. The molecule has 1 aliphatic heterocycles. The van der Waals surface area contributed by atoms with Gasteiger partial charge < -0.3 is 19.9 Å². The largest absolute Gasteiger partial charge is 0.444 e. The lowest BCUT2D eigenvalue weighted by molar-refractivity contribution is 0.0174. The van der Waals surface area contributed by atoms with Gasteiger partial charge in [-0.15, -0.1) is 0 Å². The smallest absolute Gasteiger partial charge is 0.410 e. The predicted molar refractivity (Wildman–Crippen MR) is 139 cm³/mol. The molecule has 0 bridgehead atoms. The lowest BCUT2D eigenvalue weighted by Crippen LogP contribution is -2.52. The van der Waals surface area contributed by atoms with Crippen molar-refractivity contribution < 1.29 is 14.3 Å². The average Bonchev–Trinajstić information content (AvgIpc) is 2.80. The van der Waals surface area contributed by atoms with Gasteiger partial charge in [0, 0.05) is 31.9 Å². The SMILES string of the molecule is CCCCCCCCc1ccc2cc(NC(=O)N3CCN(C(=O)OC(C)(C)C)CC3)ccc2c1. The Morgan fingerprint density at radius 3 is 2.18 bits per heavy atom. The molecule has 2 aromatic rings. The average molecular weight is 468 g/mol. The second-order valence-corrected chi connectivity index (χ2v) is 10.3. The standard InChI is InChI=1S/C28H41N3O3/c1-5-6-7-8-9-10-11-22-12-13-24-21-25(15-14-23(24)20-22)29-26(32)30-16-18-31(19-17-30)27(33)34-28(2,3)4/h12-15,20-21H,5-11,16-19H2,1-4H3,(H,29,32). The molecular weight excluding hydrogens is 426 g/mol. The van der Waals surface area contributed by atoms with Crippen LogP contribution >= 0.6 is 0 Å². The molecule has 1 N–H and O–H groups in total. The number of amides is 3. The number of nitrogens with zero attached hydrogens (tertiary/aromatic N) is 2. The number of aryl methyl sites for hydroxylation is 1. The van der Waals surface area contributed by atoms with Crippen LogP contribution < -0.4 is 5.32 Å². The molecule has 34 heavy (non-hydrogen) atoms. The van der Waals surface area contributed by atoms with E-state index >= 15 is 0 Å². The van der Waals surface area contributed by atoms with Crippen LogP contribution in [0.15, 0.2) is 36.4 Å². The number of hydrogen-bond acceptors (Lipinski definition) is 3. The fourth-order valence-corrected chi connectivity index (χ4v) is 4.26. The Labute approximate surface area is 204 Å². The van der Waals surface area contributed by atoms with Crippen molar-refractivity contribution in [3.8, 4) is 0 Å². The highest BCUT2D eigenvalue weighted by Crippen LogP contribution is 2.22. The van der Waals surface area contributed by atoms with E-state index in [1.165, 1.54) is 49.5 Å². The van der Waals surface area contributed by atoms with E-state index < -0.39 is 5.60 Å². The summed E-state index contributed by atoms with van der Waals surface area (Å²) < 4.78 is 5.43. The van der Waals surface area contributed by atoms with Crippen molar-refractivity contribution in [3.63, 3.8) is 0 Å². The maximum Gasteiger partial charge on any atom is 0.410 e. The molecule has 1 fully saturated rings. The van der Waals surface area contributed by atoms with Crippen molar-refractivity contribution in [2.45, 2.75) is 78.2 Å². The van der Waals surface area contributed by atoms with Crippen LogP contribution in [-0.4, -0.2) is 53.7 Å². The van der Waals surface area contributed by atoms with E-state index in [0.717, 1.165) is 17.5 Å². The van der Waals surface area contributed by atoms with Crippen molar-refractivity contribution in [1.82, 2.24) is 9.80 Å². The van der Waals surface area contributed by atoms with Gasteiger partial charge in [-0.25, -0.2) is 9.59 Å². The number of rotatable bonds is 8. The van der Waals surface area contributed by atoms with Gasteiger partial charge in [0.05, 0.1) is 0 Å². The number of unbranched alkanes of at least 4 members (excludes halogenated alkanes) is 5. The topological polar surface area (TPSA) is 61.9 Å². The van der Waals surface area contributed by atoms with Crippen LogP contribution in [-0.2, 0) is 11.2 Å². The third-order valence-corrected chi connectivity index (χ3v) is 6.19. The Morgan fingerprint density at radius 1 is 0.853 bits per heavy atom. The summed E-state index contributed by atoms with van der Waals surface area (Å²) in [5, 5.41) is 5.34. The zero-order valence-corrected chi connectivity index (χ0v) is 21.4.